The standard InChI is InChI=1S/C12H14N4O2S/c1-9-7-10(8-13)15-12(14-9)16-19(17,18)11-5-3-2-4-6-11/h2-7H,8,13H2,1H3,(H,14,15,16). The van der Waals surface area contributed by atoms with Gasteiger partial charge in [-0.15, -0.1) is 0 Å². The van der Waals surface area contributed by atoms with Crippen molar-refractivity contribution in [3.8, 4) is 0 Å². The van der Waals surface area contributed by atoms with E-state index in [1.165, 1.54) is 12.1 Å². The molecule has 0 unspecified atom stereocenters. The van der Waals surface area contributed by atoms with Crippen LogP contribution in [0, 0.1) is 6.92 Å². The third-order valence-corrected chi connectivity index (χ3v) is 3.74. The molecule has 0 aliphatic heterocycles. The number of aryl methyl sites for hydroxylation is 1. The maximum absolute atomic E-state index is 12.1. The van der Waals surface area contributed by atoms with Gasteiger partial charge in [-0.3, -0.25) is 0 Å². The summed E-state index contributed by atoms with van der Waals surface area (Å²) in [4.78, 5) is 8.23. The lowest BCUT2D eigenvalue weighted by molar-refractivity contribution is 0.600. The Morgan fingerprint density at radius 3 is 2.53 bits per heavy atom. The molecule has 0 amide bonds. The van der Waals surface area contributed by atoms with E-state index in [2.05, 4.69) is 14.7 Å². The highest BCUT2D eigenvalue weighted by Crippen LogP contribution is 2.13. The Balaban J connectivity index is 2.33. The Hall–Kier alpha value is -1.99. The second-order valence-corrected chi connectivity index (χ2v) is 5.63. The predicted octanol–water partition coefficient (Wildman–Crippen LogP) is 1.04. The van der Waals surface area contributed by atoms with Gasteiger partial charge in [-0.1, -0.05) is 18.2 Å². The maximum Gasteiger partial charge on any atom is 0.264 e. The van der Waals surface area contributed by atoms with Gasteiger partial charge in [0.25, 0.3) is 10.0 Å². The number of benzene rings is 1. The number of nitrogens with two attached hydrogens (primary N) is 1. The van der Waals surface area contributed by atoms with Crippen LogP contribution < -0.4 is 10.5 Å². The highest BCUT2D eigenvalue weighted by molar-refractivity contribution is 7.92. The van der Waals surface area contributed by atoms with E-state index in [1.54, 1.807) is 31.2 Å². The molecule has 0 aliphatic rings. The van der Waals surface area contributed by atoms with Gasteiger partial charge in [-0.2, -0.15) is 0 Å². The maximum atomic E-state index is 12.1. The number of hydrogen-bond acceptors (Lipinski definition) is 5. The Labute approximate surface area is 111 Å². The first kappa shape index (κ1) is 13.4. The SMILES string of the molecule is Cc1cc(CN)nc(NS(=O)(=O)c2ccccc2)n1. The summed E-state index contributed by atoms with van der Waals surface area (Å²) in [6.45, 7) is 1.98. The predicted molar refractivity (Wildman–Crippen MR) is 71.9 cm³/mol. The van der Waals surface area contributed by atoms with Crippen molar-refractivity contribution in [2.24, 2.45) is 5.73 Å². The van der Waals surface area contributed by atoms with Crippen molar-refractivity contribution >= 4 is 16.0 Å². The van der Waals surface area contributed by atoms with Crippen molar-refractivity contribution in [1.29, 1.82) is 0 Å². The van der Waals surface area contributed by atoms with Crippen molar-refractivity contribution in [1.82, 2.24) is 9.97 Å². The normalized spacial score (nSPS) is 11.3. The van der Waals surface area contributed by atoms with Crippen molar-refractivity contribution in [3.05, 3.63) is 47.8 Å². The first-order chi connectivity index (χ1) is 9.01. The van der Waals surface area contributed by atoms with E-state index in [-0.39, 0.29) is 17.4 Å². The molecule has 0 radical (unpaired) electrons. The Bertz CT molecular complexity index is 671. The smallest absolute Gasteiger partial charge is 0.264 e. The van der Waals surface area contributed by atoms with Crippen LogP contribution in [0.25, 0.3) is 0 Å². The lowest BCUT2D eigenvalue weighted by Crippen LogP contribution is -2.16. The molecule has 0 fully saturated rings. The lowest BCUT2D eigenvalue weighted by Gasteiger charge is -2.08. The van der Waals surface area contributed by atoms with Gasteiger partial charge in [-0.05, 0) is 25.1 Å². The quantitative estimate of drug-likeness (QED) is 0.871. The zero-order chi connectivity index (χ0) is 13.9. The molecule has 0 aliphatic carbocycles. The zero-order valence-corrected chi connectivity index (χ0v) is 11.2. The Morgan fingerprint density at radius 2 is 1.89 bits per heavy atom. The minimum atomic E-state index is -3.67. The largest absolute Gasteiger partial charge is 0.325 e. The summed E-state index contributed by atoms with van der Waals surface area (Å²) >= 11 is 0. The summed E-state index contributed by atoms with van der Waals surface area (Å²) in [5.41, 5.74) is 6.73. The lowest BCUT2D eigenvalue weighted by atomic mass is 10.3. The van der Waals surface area contributed by atoms with Gasteiger partial charge in [-0.25, -0.2) is 23.1 Å². The van der Waals surface area contributed by atoms with Gasteiger partial charge >= 0.3 is 0 Å². The van der Waals surface area contributed by atoms with Crippen LogP contribution in [0.1, 0.15) is 11.4 Å². The molecule has 1 heterocycles. The number of hydrogen-bond donors (Lipinski definition) is 2. The highest BCUT2D eigenvalue weighted by atomic mass is 32.2. The van der Waals surface area contributed by atoms with Crippen LogP contribution in [0.5, 0.6) is 0 Å². The molecule has 6 nitrogen and oxygen atoms in total. The van der Waals surface area contributed by atoms with Gasteiger partial charge in [0.2, 0.25) is 5.95 Å². The third kappa shape index (κ3) is 3.27. The number of anilines is 1. The second-order valence-electron chi connectivity index (χ2n) is 3.95. The number of aromatic nitrogens is 2. The van der Waals surface area contributed by atoms with Crippen molar-refractivity contribution in [2.75, 3.05) is 4.72 Å². The van der Waals surface area contributed by atoms with E-state index >= 15 is 0 Å². The summed E-state index contributed by atoms with van der Waals surface area (Å²) in [6, 6.07) is 9.76. The molecule has 1 aromatic carbocycles. The van der Waals surface area contributed by atoms with Gasteiger partial charge in [0, 0.05) is 12.2 Å². The van der Waals surface area contributed by atoms with E-state index in [0.717, 1.165) is 0 Å². The minimum absolute atomic E-state index is 0.0318. The molecule has 0 bridgehead atoms. The molecule has 19 heavy (non-hydrogen) atoms. The molecule has 0 saturated carbocycles. The molecular weight excluding hydrogens is 264 g/mol. The molecule has 2 rings (SSSR count). The molecule has 3 N–H and O–H groups in total. The molecule has 1 aromatic heterocycles. The number of sulfonamides is 1. The van der Waals surface area contributed by atoms with E-state index < -0.39 is 10.0 Å². The van der Waals surface area contributed by atoms with Crippen molar-refractivity contribution in [2.45, 2.75) is 18.4 Å². The summed E-state index contributed by atoms with van der Waals surface area (Å²) in [7, 11) is -3.67. The minimum Gasteiger partial charge on any atom is -0.325 e. The number of rotatable bonds is 4. The van der Waals surface area contributed by atoms with Crippen LogP contribution in [0.4, 0.5) is 5.95 Å². The highest BCUT2D eigenvalue weighted by Gasteiger charge is 2.15. The van der Waals surface area contributed by atoms with Crippen LogP contribution in [-0.4, -0.2) is 18.4 Å². The van der Waals surface area contributed by atoms with Gasteiger partial charge in [0.1, 0.15) is 0 Å². The van der Waals surface area contributed by atoms with Crippen LogP contribution >= 0.6 is 0 Å². The topological polar surface area (TPSA) is 98.0 Å². The summed E-state index contributed by atoms with van der Waals surface area (Å²) in [6.07, 6.45) is 0. The Kier molecular flexibility index (Phi) is 3.77. The van der Waals surface area contributed by atoms with Crippen molar-refractivity contribution in [3.63, 3.8) is 0 Å². The van der Waals surface area contributed by atoms with Crippen LogP contribution in [0.15, 0.2) is 41.3 Å². The first-order valence-electron chi connectivity index (χ1n) is 5.64. The second kappa shape index (κ2) is 5.33. The van der Waals surface area contributed by atoms with Crippen LogP contribution in [0.2, 0.25) is 0 Å². The van der Waals surface area contributed by atoms with E-state index in [9.17, 15) is 8.42 Å². The van der Waals surface area contributed by atoms with Gasteiger partial charge in [0.15, 0.2) is 0 Å². The van der Waals surface area contributed by atoms with Gasteiger partial charge < -0.3 is 5.73 Å². The summed E-state index contributed by atoms with van der Waals surface area (Å²) < 4.78 is 26.5. The van der Waals surface area contributed by atoms with Gasteiger partial charge in [0.05, 0.1) is 10.6 Å². The molecule has 0 spiro atoms. The van der Waals surface area contributed by atoms with Crippen LogP contribution in [0.3, 0.4) is 0 Å². The molecule has 100 valence electrons. The number of nitrogens with one attached hydrogen (secondary N) is 1. The first-order valence-corrected chi connectivity index (χ1v) is 7.12. The summed E-state index contributed by atoms with van der Waals surface area (Å²) in [5, 5.41) is 0. The monoisotopic (exact) mass is 278 g/mol. The number of nitrogens with zero attached hydrogens (tertiary/aromatic N) is 2. The molecule has 0 atom stereocenters. The molecule has 2 aromatic rings. The fourth-order valence-corrected chi connectivity index (χ4v) is 2.53. The molecule has 0 saturated heterocycles. The zero-order valence-electron chi connectivity index (χ0n) is 10.4. The van der Waals surface area contributed by atoms with E-state index in [4.69, 9.17) is 5.73 Å². The average molecular weight is 278 g/mol. The molecule has 7 heteroatoms. The molecular formula is C12H14N4O2S. The Morgan fingerprint density at radius 1 is 1.21 bits per heavy atom. The van der Waals surface area contributed by atoms with Crippen molar-refractivity contribution < 1.29 is 8.42 Å². The fraction of sp³-hybridized carbons (Fsp3) is 0.167. The average Bonchev–Trinajstić information content (AvgIpc) is 2.38. The third-order valence-electron chi connectivity index (χ3n) is 2.40. The summed E-state index contributed by atoms with van der Waals surface area (Å²) in [5.74, 6) is 0.0318. The van der Waals surface area contributed by atoms with E-state index in [0.29, 0.717) is 11.4 Å². The van der Waals surface area contributed by atoms with E-state index in [1.807, 2.05) is 0 Å². The fourth-order valence-electron chi connectivity index (χ4n) is 1.56. The van der Waals surface area contributed by atoms with Crippen LogP contribution in [-0.2, 0) is 16.6 Å².